The van der Waals surface area contributed by atoms with Crippen molar-refractivity contribution in [1.82, 2.24) is 9.47 Å². The molecule has 0 fully saturated rings. The monoisotopic (exact) mass is 316 g/mol. The number of hydrogen-bond acceptors (Lipinski definition) is 4. The van der Waals surface area contributed by atoms with Gasteiger partial charge in [-0.1, -0.05) is 30.3 Å². The van der Waals surface area contributed by atoms with Gasteiger partial charge in [0, 0.05) is 24.8 Å². The molecular formula is C17H20N2O4. The summed E-state index contributed by atoms with van der Waals surface area (Å²) in [5.74, 6) is -1.48. The summed E-state index contributed by atoms with van der Waals surface area (Å²) in [6, 6.07) is 10.3. The normalized spacial score (nSPS) is 12.3. The van der Waals surface area contributed by atoms with Crippen LogP contribution in [0.4, 0.5) is 0 Å². The van der Waals surface area contributed by atoms with Crippen molar-refractivity contribution in [2.45, 2.75) is 26.1 Å². The average Bonchev–Trinajstić information content (AvgIpc) is 2.50. The lowest BCUT2D eigenvalue weighted by Gasteiger charge is -2.22. The summed E-state index contributed by atoms with van der Waals surface area (Å²) in [5.41, 5.74) is 1.15. The van der Waals surface area contributed by atoms with Gasteiger partial charge in [-0.3, -0.25) is 9.69 Å². The maximum Gasteiger partial charge on any atom is 0.326 e. The summed E-state index contributed by atoms with van der Waals surface area (Å²) >= 11 is 0. The van der Waals surface area contributed by atoms with E-state index in [0.717, 1.165) is 5.56 Å². The molecule has 6 heteroatoms. The molecule has 0 aliphatic carbocycles. The third-order valence-corrected chi connectivity index (χ3v) is 3.65. The zero-order valence-corrected chi connectivity index (χ0v) is 13.1. The van der Waals surface area contributed by atoms with Gasteiger partial charge in [0.25, 0.3) is 0 Å². The van der Waals surface area contributed by atoms with E-state index in [4.69, 9.17) is 0 Å². The van der Waals surface area contributed by atoms with Gasteiger partial charge in [-0.05, 0) is 19.5 Å². The third-order valence-electron chi connectivity index (χ3n) is 3.65. The van der Waals surface area contributed by atoms with Crippen LogP contribution in [0.1, 0.15) is 24.2 Å². The molecule has 1 aromatic heterocycles. The molecule has 0 spiro atoms. The SMILES string of the molecule is CC(C(=O)O)n1cc(O)c(=O)cc1CN(C)Cc1ccccc1. The van der Waals surface area contributed by atoms with E-state index in [1.54, 1.807) is 0 Å². The lowest BCUT2D eigenvalue weighted by atomic mass is 10.2. The van der Waals surface area contributed by atoms with E-state index in [2.05, 4.69) is 0 Å². The molecule has 1 heterocycles. The zero-order valence-electron chi connectivity index (χ0n) is 13.1. The molecule has 6 nitrogen and oxygen atoms in total. The minimum absolute atomic E-state index is 0.391. The van der Waals surface area contributed by atoms with Crippen molar-refractivity contribution in [3.8, 4) is 5.75 Å². The fourth-order valence-corrected chi connectivity index (χ4v) is 2.41. The number of aromatic hydroxyl groups is 1. The molecule has 2 rings (SSSR count). The number of carbonyl (C=O) groups is 1. The van der Waals surface area contributed by atoms with Crippen molar-refractivity contribution in [3.63, 3.8) is 0 Å². The van der Waals surface area contributed by atoms with E-state index in [-0.39, 0.29) is 0 Å². The summed E-state index contributed by atoms with van der Waals surface area (Å²) in [7, 11) is 1.89. The van der Waals surface area contributed by atoms with E-state index in [1.807, 2.05) is 42.3 Å². The Kier molecular flexibility index (Phi) is 5.18. The Bertz CT molecular complexity index is 740. The zero-order chi connectivity index (χ0) is 17.0. The van der Waals surface area contributed by atoms with Gasteiger partial charge >= 0.3 is 5.97 Å². The van der Waals surface area contributed by atoms with Crippen molar-refractivity contribution in [3.05, 3.63) is 64.1 Å². The van der Waals surface area contributed by atoms with Crippen LogP contribution < -0.4 is 5.43 Å². The van der Waals surface area contributed by atoms with Crippen molar-refractivity contribution >= 4 is 5.97 Å². The Morgan fingerprint density at radius 2 is 1.91 bits per heavy atom. The molecule has 0 radical (unpaired) electrons. The van der Waals surface area contributed by atoms with Gasteiger partial charge in [0.2, 0.25) is 5.43 Å². The van der Waals surface area contributed by atoms with Crippen molar-refractivity contribution in [2.24, 2.45) is 0 Å². The molecule has 0 bridgehead atoms. The molecule has 0 saturated carbocycles. The fraction of sp³-hybridized carbons (Fsp3) is 0.294. The number of carboxylic acids is 1. The molecule has 0 amide bonds. The summed E-state index contributed by atoms with van der Waals surface area (Å²) in [6.07, 6.45) is 1.19. The van der Waals surface area contributed by atoms with Crippen LogP contribution in [0.15, 0.2) is 47.4 Å². The topological polar surface area (TPSA) is 82.8 Å². The highest BCUT2D eigenvalue weighted by atomic mass is 16.4. The van der Waals surface area contributed by atoms with Crippen LogP contribution in [-0.4, -0.2) is 32.7 Å². The van der Waals surface area contributed by atoms with Crippen molar-refractivity contribution < 1.29 is 15.0 Å². The molecule has 122 valence electrons. The number of benzene rings is 1. The maximum atomic E-state index is 11.7. The molecule has 23 heavy (non-hydrogen) atoms. The summed E-state index contributed by atoms with van der Waals surface area (Å²) in [6.45, 7) is 2.56. The number of rotatable bonds is 6. The highest BCUT2D eigenvalue weighted by Crippen LogP contribution is 2.15. The lowest BCUT2D eigenvalue weighted by molar-refractivity contribution is -0.140. The summed E-state index contributed by atoms with van der Waals surface area (Å²) in [5, 5.41) is 18.8. The lowest BCUT2D eigenvalue weighted by Crippen LogP contribution is -2.26. The number of nitrogens with zero attached hydrogens (tertiary/aromatic N) is 2. The molecule has 0 aliphatic heterocycles. The van der Waals surface area contributed by atoms with Crippen LogP contribution in [0.5, 0.6) is 5.75 Å². The maximum absolute atomic E-state index is 11.7. The van der Waals surface area contributed by atoms with E-state index in [9.17, 15) is 19.8 Å². The van der Waals surface area contributed by atoms with E-state index in [1.165, 1.54) is 23.8 Å². The third kappa shape index (κ3) is 4.20. The van der Waals surface area contributed by atoms with Gasteiger partial charge in [0.15, 0.2) is 5.75 Å². The van der Waals surface area contributed by atoms with Gasteiger partial charge in [0.05, 0.1) is 6.20 Å². The minimum atomic E-state index is -1.03. The Labute approximate surface area is 134 Å². The number of hydrogen-bond donors (Lipinski definition) is 2. The van der Waals surface area contributed by atoms with Gasteiger partial charge < -0.3 is 14.8 Å². The first-order chi connectivity index (χ1) is 10.9. The van der Waals surface area contributed by atoms with Crippen LogP contribution in [0, 0.1) is 0 Å². The summed E-state index contributed by atoms with van der Waals surface area (Å²) in [4.78, 5) is 24.9. The molecule has 2 N–H and O–H groups in total. The Balaban J connectivity index is 2.25. The smallest absolute Gasteiger partial charge is 0.326 e. The predicted molar refractivity (Wildman–Crippen MR) is 86.3 cm³/mol. The standard InChI is InChI=1S/C17H20N2O4/c1-12(17(22)23)19-11-16(21)15(20)8-14(19)10-18(2)9-13-6-4-3-5-7-13/h3-8,11-12,21H,9-10H2,1-2H3,(H,22,23). The molecule has 1 unspecified atom stereocenters. The Hall–Kier alpha value is -2.60. The van der Waals surface area contributed by atoms with Crippen LogP contribution in [-0.2, 0) is 17.9 Å². The van der Waals surface area contributed by atoms with Gasteiger partial charge in [-0.25, -0.2) is 4.79 Å². The Morgan fingerprint density at radius 3 is 2.52 bits per heavy atom. The molecule has 0 aliphatic rings. The van der Waals surface area contributed by atoms with Crippen LogP contribution in [0.25, 0.3) is 0 Å². The van der Waals surface area contributed by atoms with Crippen molar-refractivity contribution in [2.75, 3.05) is 7.05 Å². The second kappa shape index (κ2) is 7.11. The van der Waals surface area contributed by atoms with Gasteiger partial charge in [-0.2, -0.15) is 0 Å². The van der Waals surface area contributed by atoms with Crippen molar-refractivity contribution in [1.29, 1.82) is 0 Å². The second-order valence-corrected chi connectivity index (χ2v) is 5.59. The number of aliphatic carboxylic acids is 1. The molecule has 2 aromatic rings. The largest absolute Gasteiger partial charge is 0.503 e. The first-order valence-corrected chi connectivity index (χ1v) is 7.27. The number of carboxylic acid groups (broad SMARTS) is 1. The van der Waals surface area contributed by atoms with Crippen LogP contribution >= 0.6 is 0 Å². The van der Waals surface area contributed by atoms with Crippen LogP contribution in [0.2, 0.25) is 0 Å². The molecule has 1 aromatic carbocycles. The quantitative estimate of drug-likeness (QED) is 0.849. The minimum Gasteiger partial charge on any atom is -0.503 e. The van der Waals surface area contributed by atoms with E-state index < -0.39 is 23.2 Å². The second-order valence-electron chi connectivity index (χ2n) is 5.59. The fourth-order valence-electron chi connectivity index (χ4n) is 2.41. The molecule has 0 saturated heterocycles. The first-order valence-electron chi connectivity index (χ1n) is 7.27. The highest BCUT2D eigenvalue weighted by molar-refractivity contribution is 5.71. The Morgan fingerprint density at radius 1 is 1.26 bits per heavy atom. The predicted octanol–water partition coefficient (Wildman–Crippen LogP) is 1.83. The summed E-state index contributed by atoms with van der Waals surface area (Å²) < 4.78 is 1.42. The number of pyridine rings is 1. The van der Waals surface area contributed by atoms with Gasteiger partial charge in [0.1, 0.15) is 6.04 Å². The average molecular weight is 316 g/mol. The van der Waals surface area contributed by atoms with Crippen LogP contribution in [0.3, 0.4) is 0 Å². The van der Waals surface area contributed by atoms with E-state index in [0.29, 0.717) is 18.8 Å². The first kappa shape index (κ1) is 16.8. The molecule has 1 atom stereocenters. The highest BCUT2D eigenvalue weighted by Gasteiger charge is 2.18. The molecular weight excluding hydrogens is 296 g/mol. The van der Waals surface area contributed by atoms with Gasteiger partial charge in [-0.15, -0.1) is 0 Å². The van der Waals surface area contributed by atoms with E-state index >= 15 is 0 Å². The number of aromatic nitrogens is 1.